The molecule has 164 valence electrons. The number of amides is 1. The quantitative estimate of drug-likeness (QED) is 0.554. The summed E-state index contributed by atoms with van der Waals surface area (Å²) in [6.07, 6.45) is 4.08. The van der Waals surface area contributed by atoms with Crippen molar-refractivity contribution in [2.24, 2.45) is 10.9 Å². The molecule has 0 saturated carbocycles. The number of fused-ring (bicyclic) bond motifs is 1. The summed E-state index contributed by atoms with van der Waals surface area (Å²) in [6.45, 7) is 3.96. The largest absolute Gasteiger partial charge is 0.283 e. The number of hydrogen-bond acceptors (Lipinski definition) is 4. The van der Waals surface area contributed by atoms with E-state index in [9.17, 15) is 13.2 Å². The Kier molecular flexibility index (Phi) is 6.24. The van der Waals surface area contributed by atoms with Gasteiger partial charge in [0.2, 0.25) is 0 Å². The van der Waals surface area contributed by atoms with E-state index in [-0.39, 0.29) is 16.5 Å². The van der Waals surface area contributed by atoms with E-state index in [0.717, 1.165) is 34.9 Å². The Labute approximate surface area is 188 Å². The highest BCUT2D eigenvalue weighted by atomic mass is 32.2. The number of rotatable bonds is 7. The van der Waals surface area contributed by atoms with Crippen LogP contribution in [0.15, 0.2) is 88.4 Å². The minimum absolute atomic E-state index is 0.0443. The van der Waals surface area contributed by atoms with E-state index in [1.807, 2.05) is 49.4 Å². The van der Waals surface area contributed by atoms with Crippen LogP contribution in [0.5, 0.6) is 0 Å². The second kappa shape index (κ2) is 9.09. The van der Waals surface area contributed by atoms with Gasteiger partial charge in [0.25, 0.3) is 15.9 Å². The molecule has 0 fully saturated rings. The fourth-order valence-corrected chi connectivity index (χ4v) is 5.45. The van der Waals surface area contributed by atoms with Crippen LogP contribution < -0.4 is 4.72 Å². The van der Waals surface area contributed by atoms with Gasteiger partial charge in [-0.25, -0.2) is 18.1 Å². The molecule has 6 heteroatoms. The second-order valence-corrected chi connectivity index (χ2v) is 9.52. The number of sulfonamides is 1. The first-order valence-corrected chi connectivity index (χ1v) is 12.4. The smallest absolute Gasteiger partial charge is 0.266 e. The van der Waals surface area contributed by atoms with Crippen LogP contribution in [-0.2, 0) is 21.2 Å². The topological polar surface area (TPSA) is 75.6 Å². The van der Waals surface area contributed by atoms with Gasteiger partial charge in [-0.1, -0.05) is 80.9 Å². The fourth-order valence-electron chi connectivity index (χ4n) is 4.17. The lowest BCUT2D eigenvalue weighted by Crippen LogP contribution is -2.31. The normalized spacial score (nSPS) is 16.0. The summed E-state index contributed by atoms with van der Waals surface area (Å²) in [4.78, 5) is 17.7. The number of nitrogens with zero attached hydrogens (tertiary/aromatic N) is 1. The number of carbonyl (C=O) groups excluding carboxylic acids is 1. The lowest BCUT2D eigenvalue weighted by atomic mass is 9.91. The van der Waals surface area contributed by atoms with E-state index in [1.165, 1.54) is 6.07 Å². The van der Waals surface area contributed by atoms with Crippen LogP contribution in [0.25, 0.3) is 10.8 Å². The lowest BCUT2D eigenvalue weighted by molar-refractivity contribution is -0.115. The maximum atomic E-state index is 13.0. The molecule has 0 radical (unpaired) electrons. The van der Waals surface area contributed by atoms with Crippen molar-refractivity contribution >= 4 is 32.4 Å². The van der Waals surface area contributed by atoms with Gasteiger partial charge in [0.1, 0.15) is 5.70 Å². The Morgan fingerprint density at radius 3 is 2.47 bits per heavy atom. The number of hydrogen-bond donors (Lipinski definition) is 1. The standard InChI is InChI=1S/C26H26N2O3S/c1-3-10-20-17-23(26(29)28-32(30,31)24-16-8-6-11-18(24)4-2)27-25(20)22-15-9-13-19-12-5-7-14-21(19)22/h5-9,11-17,20H,3-4,10H2,1-2H3,(H,28,29). The molecule has 1 N–H and O–H groups in total. The summed E-state index contributed by atoms with van der Waals surface area (Å²) in [5.41, 5.74) is 2.58. The Morgan fingerprint density at radius 2 is 1.69 bits per heavy atom. The molecule has 5 nitrogen and oxygen atoms in total. The van der Waals surface area contributed by atoms with Crippen molar-refractivity contribution in [3.63, 3.8) is 0 Å². The fraction of sp³-hybridized carbons (Fsp3) is 0.231. The van der Waals surface area contributed by atoms with Crippen LogP contribution in [0.4, 0.5) is 0 Å². The van der Waals surface area contributed by atoms with Crippen LogP contribution >= 0.6 is 0 Å². The van der Waals surface area contributed by atoms with Gasteiger partial charge in [-0.3, -0.25) is 4.79 Å². The number of aryl methyl sites for hydroxylation is 1. The minimum Gasteiger partial charge on any atom is -0.266 e. The molecule has 1 heterocycles. The molecular formula is C26H26N2O3S. The molecule has 0 bridgehead atoms. The van der Waals surface area contributed by atoms with Gasteiger partial charge >= 0.3 is 0 Å². The Morgan fingerprint density at radius 1 is 0.969 bits per heavy atom. The lowest BCUT2D eigenvalue weighted by Gasteiger charge is -2.13. The molecule has 3 aromatic carbocycles. The van der Waals surface area contributed by atoms with Gasteiger partial charge in [-0.15, -0.1) is 0 Å². The molecule has 4 rings (SSSR count). The highest BCUT2D eigenvalue weighted by molar-refractivity contribution is 7.90. The van der Waals surface area contributed by atoms with Gasteiger partial charge in [-0.2, -0.15) is 0 Å². The molecule has 1 atom stereocenters. The van der Waals surface area contributed by atoms with Gasteiger partial charge in [0.15, 0.2) is 0 Å². The molecule has 1 amide bonds. The molecule has 32 heavy (non-hydrogen) atoms. The van der Waals surface area contributed by atoms with Crippen LogP contribution in [0.2, 0.25) is 0 Å². The summed E-state index contributed by atoms with van der Waals surface area (Å²) in [7, 11) is -4.00. The highest BCUT2D eigenvalue weighted by Gasteiger charge is 2.29. The van der Waals surface area contributed by atoms with Crippen molar-refractivity contribution in [3.8, 4) is 0 Å². The minimum atomic E-state index is -4.00. The van der Waals surface area contributed by atoms with Crippen molar-refractivity contribution in [1.29, 1.82) is 0 Å². The second-order valence-electron chi connectivity index (χ2n) is 7.87. The van der Waals surface area contributed by atoms with Crippen LogP contribution in [-0.4, -0.2) is 20.0 Å². The predicted molar refractivity (Wildman–Crippen MR) is 128 cm³/mol. The van der Waals surface area contributed by atoms with E-state index in [1.54, 1.807) is 24.3 Å². The van der Waals surface area contributed by atoms with E-state index in [2.05, 4.69) is 16.6 Å². The van der Waals surface area contributed by atoms with Crippen molar-refractivity contribution in [2.75, 3.05) is 0 Å². The van der Waals surface area contributed by atoms with E-state index in [4.69, 9.17) is 0 Å². The summed E-state index contributed by atoms with van der Waals surface area (Å²) in [5, 5.41) is 2.16. The van der Waals surface area contributed by atoms with Gasteiger partial charge < -0.3 is 0 Å². The molecule has 1 aliphatic rings. The SMILES string of the molecule is CCCC1C=C(C(=O)NS(=O)(=O)c2ccccc2CC)N=C1c1cccc2ccccc12. The third kappa shape index (κ3) is 4.23. The number of allylic oxidation sites excluding steroid dienone is 1. The number of carbonyl (C=O) groups is 1. The summed E-state index contributed by atoms with van der Waals surface area (Å²) in [5.74, 6) is -0.746. The number of benzene rings is 3. The Hall–Kier alpha value is -3.25. The molecule has 1 aliphatic heterocycles. The van der Waals surface area contributed by atoms with Gasteiger partial charge in [0, 0.05) is 11.5 Å². The summed E-state index contributed by atoms with van der Waals surface area (Å²) < 4.78 is 28.0. The average Bonchev–Trinajstić information content (AvgIpc) is 3.22. The zero-order valence-corrected chi connectivity index (χ0v) is 19.0. The molecule has 0 saturated heterocycles. The zero-order valence-electron chi connectivity index (χ0n) is 18.2. The predicted octanol–water partition coefficient (Wildman–Crippen LogP) is 5.01. The highest BCUT2D eigenvalue weighted by Crippen LogP contribution is 2.30. The summed E-state index contributed by atoms with van der Waals surface area (Å²) >= 11 is 0. The van der Waals surface area contributed by atoms with E-state index in [0.29, 0.717) is 12.0 Å². The molecule has 0 aromatic heterocycles. The van der Waals surface area contributed by atoms with Gasteiger partial charge in [0.05, 0.1) is 10.6 Å². The van der Waals surface area contributed by atoms with Crippen LogP contribution in [0.1, 0.15) is 37.8 Å². The maximum Gasteiger partial charge on any atom is 0.283 e. The third-order valence-electron chi connectivity index (χ3n) is 5.72. The molecule has 3 aromatic rings. The first kappa shape index (κ1) is 22.0. The zero-order chi connectivity index (χ0) is 22.7. The number of aliphatic imine (C=N–C) groups is 1. The molecular weight excluding hydrogens is 420 g/mol. The van der Waals surface area contributed by atoms with Crippen molar-refractivity contribution in [2.45, 2.75) is 38.0 Å². The molecule has 0 aliphatic carbocycles. The third-order valence-corrected chi connectivity index (χ3v) is 7.15. The van der Waals surface area contributed by atoms with Crippen molar-refractivity contribution < 1.29 is 13.2 Å². The maximum absolute atomic E-state index is 13.0. The monoisotopic (exact) mass is 446 g/mol. The van der Waals surface area contributed by atoms with Crippen LogP contribution in [0.3, 0.4) is 0 Å². The van der Waals surface area contributed by atoms with E-state index >= 15 is 0 Å². The molecule has 1 unspecified atom stereocenters. The molecule has 0 spiro atoms. The Balaban J connectivity index is 1.68. The van der Waals surface area contributed by atoms with Crippen LogP contribution in [0, 0.1) is 5.92 Å². The van der Waals surface area contributed by atoms with E-state index < -0.39 is 15.9 Å². The summed E-state index contributed by atoms with van der Waals surface area (Å²) in [6, 6.07) is 20.8. The first-order chi connectivity index (χ1) is 15.4. The van der Waals surface area contributed by atoms with Gasteiger partial charge in [-0.05, 0) is 41.3 Å². The van der Waals surface area contributed by atoms with Crippen molar-refractivity contribution in [3.05, 3.63) is 89.6 Å². The van der Waals surface area contributed by atoms with Crippen molar-refractivity contribution in [1.82, 2.24) is 4.72 Å². The first-order valence-electron chi connectivity index (χ1n) is 10.9. The average molecular weight is 447 g/mol. The number of nitrogens with one attached hydrogen (secondary N) is 1. The Bertz CT molecular complexity index is 1330.